The molecule has 1 saturated heterocycles. The number of aryl methyl sites for hydroxylation is 1. The van der Waals surface area contributed by atoms with Crippen LogP contribution in [-0.2, 0) is 9.53 Å². The zero-order valence-electron chi connectivity index (χ0n) is 14.1. The molecule has 24 heavy (non-hydrogen) atoms. The van der Waals surface area contributed by atoms with Gasteiger partial charge in [0.05, 0.1) is 12.5 Å². The van der Waals surface area contributed by atoms with Gasteiger partial charge < -0.3 is 20.5 Å². The largest absolute Gasteiger partial charge is 0.494 e. The molecule has 0 spiro atoms. The molecule has 1 aliphatic heterocycles. The molecule has 2 aromatic rings. The molecule has 1 aromatic carbocycles. The molecule has 1 amide bonds. The van der Waals surface area contributed by atoms with Gasteiger partial charge in [-0.3, -0.25) is 4.79 Å². The molecule has 6 heteroatoms. The Kier molecular flexibility index (Phi) is 4.57. The van der Waals surface area contributed by atoms with Crippen molar-refractivity contribution in [2.24, 2.45) is 11.1 Å². The molecule has 3 rings (SSSR count). The number of pyridine rings is 1. The molecule has 1 aromatic heterocycles. The van der Waals surface area contributed by atoms with Gasteiger partial charge >= 0.3 is 0 Å². The van der Waals surface area contributed by atoms with E-state index in [9.17, 15) is 4.79 Å². The van der Waals surface area contributed by atoms with Crippen LogP contribution in [0.1, 0.15) is 18.5 Å². The summed E-state index contributed by atoms with van der Waals surface area (Å²) in [5.74, 6) is 0.459. The molecule has 3 N–H and O–H groups in total. The van der Waals surface area contributed by atoms with E-state index in [4.69, 9.17) is 15.2 Å². The standard InChI is InChI=1S/C18H23N3O3/c1-12-10-14(13-4-3-5-15(23-2)16(13)21-12)20-11-18(17(19)22)6-8-24-9-7-18/h3-5,10H,6-9,11H2,1-2H3,(H2,19,22)(H,20,21). The van der Waals surface area contributed by atoms with E-state index in [0.29, 0.717) is 32.6 Å². The van der Waals surface area contributed by atoms with Gasteiger partial charge in [0.1, 0.15) is 11.3 Å². The van der Waals surface area contributed by atoms with Crippen molar-refractivity contribution in [2.45, 2.75) is 19.8 Å². The second kappa shape index (κ2) is 6.65. The smallest absolute Gasteiger partial charge is 0.225 e. The van der Waals surface area contributed by atoms with Gasteiger partial charge in [-0.1, -0.05) is 12.1 Å². The highest BCUT2D eigenvalue weighted by atomic mass is 16.5. The Labute approximate surface area is 141 Å². The number of carbonyl (C=O) groups excluding carboxylic acids is 1. The molecular weight excluding hydrogens is 306 g/mol. The molecule has 0 bridgehead atoms. The molecule has 1 aliphatic rings. The van der Waals surface area contributed by atoms with Crippen molar-refractivity contribution in [3.8, 4) is 5.75 Å². The molecule has 0 saturated carbocycles. The Morgan fingerprint density at radius 3 is 2.83 bits per heavy atom. The first-order valence-electron chi connectivity index (χ1n) is 8.12. The van der Waals surface area contributed by atoms with E-state index in [1.165, 1.54) is 0 Å². The van der Waals surface area contributed by atoms with E-state index in [-0.39, 0.29) is 5.91 Å². The van der Waals surface area contributed by atoms with Gasteiger partial charge in [-0.25, -0.2) is 4.98 Å². The van der Waals surface area contributed by atoms with E-state index < -0.39 is 5.41 Å². The first-order valence-corrected chi connectivity index (χ1v) is 8.12. The fraction of sp³-hybridized carbons (Fsp3) is 0.444. The maximum Gasteiger partial charge on any atom is 0.225 e. The van der Waals surface area contributed by atoms with Crippen molar-refractivity contribution >= 4 is 22.5 Å². The molecular formula is C18H23N3O3. The minimum atomic E-state index is -0.569. The Morgan fingerprint density at radius 2 is 2.17 bits per heavy atom. The lowest BCUT2D eigenvalue weighted by atomic mass is 9.79. The number of methoxy groups -OCH3 is 1. The minimum Gasteiger partial charge on any atom is -0.494 e. The summed E-state index contributed by atoms with van der Waals surface area (Å²) in [4.78, 5) is 16.6. The predicted octanol–water partition coefficient (Wildman–Crippen LogP) is 2.25. The van der Waals surface area contributed by atoms with Gasteiger partial charge in [-0.15, -0.1) is 0 Å². The second-order valence-corrected chi connectivity index (χ2v) is 6.28. The van der Waals surface area contributed by atoms with E-state index >= 15 is 0 Å². The molecule has 0 aliphatic carbocycles. The number of aromatic nitrogens is 1. The summed E-state index contributed by atoms with van der Waals surface area (Å²) < 4.78 is 10.8. The first-order chi connectivity index (χ1) is 11.6. The SMILES string of the molecule is COc1cccc2c(NCC3(C(N)=O)CCOCC3)cc(C)nc12. The molecule has 0 radical (unpaired) electrons. The number of nitrogens with zero attached hydrogens (tertiary/aromatic N) is 1. The van der Waals surface area contributed by atoms with Gasteiger partial charge in [-0.05, 0) is 31.9 Å². The number of ether oxygens (including phenoxy) is 2. The molecule has 2 heterocycles. The number of anilines is 1. The number of hydrogen-bond donors (Lipinski definition) is 2. The lowest BCUT2D eigenvalue weighted by molar-refractivity contribution is -0.132. The van der Waals surface area contributed by atoms with Crippen molar-refractivity contribution in [3.05, 3.63) is 30.0 Å². The van der Waals surface area contributed by atoms with Crippen LogP contribution in [0.3, 0.4) is 0 Å². The maximum atomic E-state index is 12.0. The van der Waals surface area contributed by atoms with Crippen LogP contribution in [0.5, 0.6) is 5.75 Å². The number of primary amides is 1. The quantitative estimate of drug-likeness (QED) is 0.878. The number of nitrogens with one attached hydrogen (secondary N) is 1. The lowest BCUT2D eigenvalue weighted by Gasteiger charge is -2.34. The summed E-state index contributed by atoms with van der Waals surface area (Å²) in [6.07, 6.45) is 1.28. The summed E-state index contributed by atoms with van der Waals surface area (Å²) in [6.45, 7) is 3.56. The zero-order chi connectivity index (χ0) is 17.2. The van der Waals surface area contributed by atoms with Crippen molar-refractivity contribution in [1.29, 1.82) is 0 Å². The third kappa shape index (κ3) is 3.01. The highest BCUT2D eigenvalue weighted by Gasteiger charge is 2.38. The summed E-state index contributed by atoms with van der Waals surface area (Å²) in [5.41, 5.74) is 7.74. The summed E-state index contributed by atoms with van der Waals surface area (Å²) in [5, 5.41) is 4.38. The third-order valence-electron chi connectivity index (χ3n) is 4.74. The fourth-order valence-corrected chi connectivity index (χ4v) is 3.20. The fourth-order valence-electron chi connectivity index (χ4n) is 3.20. The van der Waals surface area contributed by atoms with Gasteiger partial charge in [-0.2, -0.15) is 0 Å². The van der Waals surface area contributed by atoms with Crippen LogP contribution in [0.25, 0.3) is 10.9 Å². The minimum absolute atomic E-state index is 0.272. The van der Waals surface area contributed by atoms with E-state index in [0.717, 1.165) is 28.0 Å². The predicted molar refractivity (Wildman–Crippen MR) is 93.2 cm³/mol. The van der Waals surface area contributed by atoms with Crippen molar-refractivity contribution in [3.63, 3.8) is 0 Å². The van der Waals surface area contributed by atoms with Gasteiger partial charge in [0.15, 0.2) is 0 Å². The number of rotatable bonds is 5. The Morgan fingerprint density at radius 1 is 1.42 bits per heavy atom. The topological polar surface area (TPSA) is 86.5 Å². The lowest BCUT2D eigenvalue weighted by Crippen LogP contribution is -2.46. The third-order valence-corrected chi connectivity index (χ3v) is 4.74. The van der Waals surface area contributed by atoms with E-state index in [1.807, 2.05) is 31.2 Å². The number of carbonyl (C=O) groups is 1. The summed E-state index contributed by atoms with van der Waals surface area (Å²) in [7, 11) is 1.63. The van der Waals surface area contributed by atoms with Crippen molar-refractivity contribution < 1.29 is 14.3 Å². The summed E-state index contributed by atoms with van der Waals surface area (Å²) in [6, 6.07) is 7.80. The first kappa shape index (κ1) is 16.5. The van der Waals surface area contributed by atoms with Crippen LogP contribution in [-0.4, -0.2) is 37.8 Å². The Hall–Kier alpha value is -2.34. The zero-order valence-corrected chi connectivity index (χ0v) is 14.1. The molecule has 6 nitrogen and oxygen atoms in total. The highest BCUT2D eigenvalue weighted by Crippen LogP contribution is 2.33. The van der Waals surface area contributed by atoms with Crippen molar-refractivity contribution in [2.75, 3.05) is 32.2 Å². The molecule has 1 fully saturated rings. The Bertz CT molecular complexity index is 755. The monoisotopic (exact) mass is 329 g/mol. The van der Waals surface area contributed by atoms with Crippen LogP contribution in [0.2, 0.25) is 0 Å². The van der Waals surface area contributed by atoms with Crippen LogP contribution in [0, 0.1) is 12.3 Å². The number of benzene rings is 1. The number of para-hydroxylation sites is 1. The average molecular weight is 329 g/mol. The Balaban J connectivity index is 1.93. The normalized spacial score (nSPS) is 16.8. The number of nitrogens with two attached hydrogens (primary N) is 1. The van der Waals surface area contributed by atoms with Crippen LogP contribution in [0.4, 0.5) is 5.69 Å². The van der Waals surface area contributed by atoms with Crippen LogP contribution in [0.15, 0.2) is 24.3 Å². The van der Waals surface area contributed by atoms with E-state index in [2.05, 4.69) is 10.3 Å². The number of fused-ring (bicyclic) bond motifs is 1. The highest BCUT2D eigenvalue weighted by molar-refractivity contribution is 5.95. The van der Waals surface area contributed by atoms with Crippen molar-refractivity contribution in [1.82, 2.24) is 4.98 Å². The molecule has 128 valence electrons. The average Bonchev–Trinajstić information content (AvgIpc) is 2.59. The van der Waals surface area contributed by atoms with Crippen LogP contribution < -0.4 is 15.8 Å². The van der Waals surface area contributed by atoms with Gasteiger partial charge in [0, 0.05) is 36.5 Å². The molecule has 0 atom stereocenters. The second-order valence-electron chi connectivity index (χ2n) is 6.28. The number of amides is 1. The van der Waals surface area contributed by atoms with Crippen LogP contribution >= 0.6 is 0 Å². The van der Waals surface area contributed by atoms with Gasteiger partial charge in [0.2, 0.25) is 5.91 Å². The maximum absolute atomic E-state index is 12.0. The summed E-state index contributed by atoms with van der Waals surface area (Å²) >= 11 is 0. The number of hydrogen-bond acceptors (Lipinski definition) is 5. The molecule has 0 unspecified atom stereocenters. The van der Waals surface area contributed by atoms with Gasteiger partial charge in [0.25, 0.3) is 0 Å². The van der Waals surface area contributed by atoms with E-state index in [1.54, 1.807) is 7.11 Å².